The lowest BCUT2D eigenvalue weighted by atomic mass is 10.1. The van der Waals surface area contributed by atoms with Crippen molar-refractivity contribution in [1.82, 2.24) is 5.32 Å². The van der Waals surface area contributed by atoms with Crippen molar-refractivity contribution in [2.45, 2.75) is 36.8 Å². The highest BCUT2D eigenvalue weighted by molar-refractivity contribution is 8.00. The molecule has 0 fully saturated rings. The Morgan fingerprint density at radius 3 is 2.44 bits per heavy atom. The molecule has 2 rings (SSSR count). The fraction of sp³-hybridized carbons (Fsp3) is 0.350. The molecule has 5 heteroatoms. The summed E-state index contributed by atoms with van der Waals surface area (Å²) in [6.07, 6.45) is 0.605. The van der Waals surface area contributed by atoms with E-state index < -0.39 is 4.75 Å². The summed E-state index contributed by atoms with van der Waals surface area (Å²) in [6.45, 7) is 3.69. The van der Waals surface area contributed by atoms with Gasteiger partial charge >= 0.3 is 0 Å². The van der Waals surface area contributed by atoms with E-state index in [4.69, 9.17) is 11.6 Å². The minimum absolute atomic E-state index is 0.0838. The van der Waals surface area contributed by atoms with Crippen LogP contribution in [0.3, 0.4) is 0 Å². The summed E-state index contributed by atoms with van der Waals surface area (Å²) >= 11 is 7.72. The van der Waals surface area contributed by atoms with Gasteiger partial charge in [-0.3, -0.25) is 4.79 Å². The largest absolute Gasteiger partial charge is 0.394 e. The molecule has 0 heterocycles. The zero-order chi connectivity index (χ0) is 18.3. The van der Waals surface area contributed by atoms with Gasteiger partial charge in [-0.25, -0.2) is 0 Å². The van der Waals surface area contributed by atoms with Gasteiger partial charge in [0.1, 0.15) is 0 Å². The summed E-state index contributed by atoms with van der Waals surface area (Å²) in [4.78, 5) is 12.7. The smallest absolute Gasteiger partial charge is 0.235 e. The first-order chi connectivity index (χ1) is 11.9. The minimum Gasteiger partial charge on any atom is -0.394 e. The van der Waals surface area contributed by atoms with Crippen molar-refractivity contribution < 1.29 is 9.90 Å². The maximum absolute atomic E-state index is 12.7. The van der Waals surface area contributed by atoms with Gasteiger partial charge in [0.05, 0.1) is 17.4 Å². The van der Waals surface area contributed by atoms with Crippen molar-refractivity contribution in [2.24, 2.45) is 0 Å². The van der Waals surface area contributed by atoms with Crippen LogP contribution < -0.4 is 5.32 Å². The van der Waals surface area contributed by atoms with Gasteiger partial charge in [-0.1, -0.05) is 60.1 Å². The molecular weight excluding hydrogens is 354 g/mol. The summed E-state index contributed by atoms with van der Waals surface area (Å²) in [7, 11) is 0. The number of rotatable bonds is 8. The molecule has 134 valence electrons. The normalized spacial score (nSPS) is 12.6. The third-order valence-corrected chi connectivity index (χ3v) is 5.70. The van der Waals surface area contributed by atoms with Crippen molar-refractivity contribution in [1.29, 1.82) is 0 Å². The highest BCUT2D eigenvalue weighted by atomic mass is 35.5. The first-order valence-corrected chi connectivity index (χ1v) is 9.62. The lowest BCUT2D eigenvalue weighted by Gasteiger charge is -2.26. The Morgan fingerprint density at radius 1 is 1.16 bits per heavy atom. The molecule has 0 radical (unpaired) electrons. The maximum atomic E-state index is 12.7. The van der Waals surface area contributed by atoms with Gasteiger partial charge in [0.2, 0.25) is 5.91 Å². The topological polar surface area (TPSA) is 49.3 Å². The second-order valence-electron chi connectivity index (χ2n) is 6.43. The van der Waals surface area contributed by atoms with Crippen molar-refractivity contribution in [3.63, 3.8) is 0 Å². The predicted octanol–water partition coefficient (Wildman–Crippen LogP) is 4.07. The van der Waals surface area contributed by atoms with Gasteiger partial charge in [0.15, 0.2) is 0 Å². The molecule has 3 nitrogen and oxygen atoms in total. The number of hydrogen-bond donors (Lipinski definition) is 2. The molecule has 1 amide bonds. The third kappa shape index (κ3) is 6.07. The van der Waals surface area contributed by atoms with E-state index in [-0.39, 0.29) is 18.6 Å². The maximum Gasteiger partial charge on any atom is 0.235 e. The van der Waals surface area contributed by atoms with E-state index in [0.29, 0.717) is 17.2 Å². The summed E-state index contributed by atoms with van der Waals surface area (Å²) in [5.41, 5.74) is 2.10. The summed E-state index contributed by atoms with van der Waals surface area (Å²) in [5, 5.41) is 13.3. The Hall–Kier alpha value is -1.49. The molecular formula is C20H24ClNO2S. The van der Waals surface area contributed by atoms with Crippen LogP contribution in [0.5, 0.6) is 0 Å². The lowest BCUT2D eigenvalue weighted by Crippen LogP contribution is -2.47. The molecule has 0 saturated heterocycles. The Morgan fingerprint density at radius 2 is 1.80 bits per heavy atom. The third-order valence-electron chi connectivity index (χ3n) is 3.97. The molecule has 0 saturated carbocycles. The van der Waals surface area contributed by atoms with Crippen LogP contribution in [0.1, 0.15) is 25.0 Å². The van der Waals surface area contributed by atoms with Crippen LogP contribution in [-0.2, 0) is 17.0 Å². The molecule has 0 aromatic heterocycles. The molecule has 0 aliphatic carbocycles. The van der Waals surface area contributed by atoms with Gasteiger partial charge in [0.25, 0.3) is 0 Å². The van der Waals surface area contributed by atoms with Gasteiger partial charge in [-0.05, 0) is 37.5 Å². The van der Waals surface area contributed by atoms with Crippen LogP contribution >= 0.6 is 23.4 Å². The van der Waals surface area contributed by atoms with Crippen molar-refractivity contribution >= 4 is 29.3 Å². The Bertz CT molecular complexity index is 691. The average Bonchev–Trinajstić information content (AvgIpc) is 2.61. The monoisotopic (exact) mass is 377 g/mol. The van der Waals surface area contributed by atoms with Crippen LogP contribution in [0.15, 0.2) is 54.6 Å². The first kappa shape index (κ1) is 19.8. The van der Waals surface area contributed by atoms with Crippen LogP contribution in [0, 0.1) is 0 Å². The minimum atomic E-state index is -0.622. The van der Waals surface area contributed by atoms with Crippen molar-refractivity contribution in [2.75, 3.05) is 6.61 Å². The standard InChI is InChI=1S/C20H24ClNO2S/c1-20(2,25-14-16-10-6-7-11-18(16)21)19(24)22-17(13-23)12-15-8-4-3-5-9-15/h3-11,17,23H,12-14H2,1-2H3,(H,22,24)/t17-/m1/s1. The number of benzene rings is 2. The molecule has 1 atom stereocenters. The molecule has 25 heavy (non-hydrogen) atoms. The van der Waals surface area contributed by atoms with Gasteiger partial charge < -0.3 is 10.4 Å². The van der Waals surface area contributed by atoms with E-state index in [1.54, 1.807) is 0 Å². The summed E-state index contributed by atoms with van der Waals surface area (Å²) < 4.78 is -0.622. The van der Waals surface area contributed by atoms with E-state index in [0.717, 1.165) is 11.1 Å². The number of aliphatic hydroxyl groups excluding tert-OH is 1. The Balaban J connectivity index is 1.93. The lowest BCUT2D eigenvalue weighted by molar-refractivity contribution is -0.123. The van der Waals surface area contributed by atoms with Crippen molar-refractivity contribution in [3.8, 4) is 0 Å². The number of aliphatic hydroxyl groups is 1. The fourth-order valence-corrected chi connectivity index (χ4v) is 3.60. The van der Waals surface area contributed by atoms with Crippen LogP contribution in [0.4, 0.5) is 0 Å². The number of nitrogens with one attached hydrogen (secondary N) is 1. The van der Waals surface area contributed by atoms with Crippen LogP contribution in [0.2, 0.25) is 5.02 Å². The Labute approximate surface area is 158 Å². The average molecular weight is 378 g/mol. The summed E-state index contributed by atoms with van der Waals surface area (Å²) in [5.74, 6) is 0.572. The number of amides is 1. The molecule has 0 aliphatic heterocycles. The quantitative estimate of drug-likeness (QED) is 0.729. The second kappa shape index (κ2) is 9.27. The van der Waals surface area contributed by atoms with Crippen LogP contribution in [0.25, 0.3) is 0 Å². The van der Waals surface area contributed by atoms with Crippen LogP contribution in [-0.4, -0.2) is 28.4 Å². The van der Waals surface area contributed by atoms with Gasteiger partial charge in [-0.15, -0.1) is 11.8 Å². The zero-order valence-electron chi connectivity index (χ0n) is 14.5. The van der Waals surface area contributed by atoms with E-state index in [1.165, 1.54) is 11.8 Å². The molecule has 2 aromatic rings. The molecule has 0 spiro atoms. The van der Waals surface area contributed by atoms with Crippen molar-refractivity contribution in [3.05, 3.63) is 70.7 Å². The molecule has 2 N–H and O–H groups in total. The van der Waals surface area contributed by atoms with Gasteiger partial charge in [0, 0.05) is 10.8 Å². The molecule has 0 aliphatic rings. The summed E-state index contributed by atoms with van der Waals surface area (Å²) in [6, 6.07) is 17.2. The van der Waals surface area contributed by atoms with E-state index in [1.807, 2.05) is 68.4 Å². The second-order valence-corrected chi connectivity index (χ2v) is 8.44. The molecule has 0 bridgehead atoms. The Kier molecular flexibility index (Phi) is 7.36. The fourth-order valence-electron chi connectivity index (χ4n) is 2.36. The van der Waals surface area contributed by atoms with E-state index in [9.17, 15) is 9.90 Å². The highest BCUT2D eigenvalue weighted by Crippen LogP contribution is 2.30. The molecule has 0 unspecified atom stereocenters. The number of carbonyl (C=O) groups excluding carboxylic acids is 1. The molecule has 2 aromatic carbocycles. The zero-order valence-corrected chi connectivity index (χ0v) is 16.1. The predicted molar refractivity (Wildman–Crippen MR) is 106 cm³/mol. The van der Waals surface area contributed by atoms with E-state index >= 15 is 0 Å². The first-order valence-electron chi connectivity index (χ1n) is 8.25. The SMILES string of the molecule is CC(C)(SCc1ccccc1Cl)C(=O)N[C@@H](CO)Cc1ccccc1. The number of hydrogen-bond acceptors (Lipinski definition) is 3. The highest BCUT2D eigenvalue weighted by Gasteiger charge is 2.30. The number of halogens is 1. The number of carbonyl (C=O) groups is 1. The number of thioether (sulfide) groups is 1. The van der Waals surface area contributed by atoms with E-state index in [2.05, 4.69) is 5.32 Å². The van der Waals surface area contributed by atoms with Gasteiger partial charge in [-0.2, -0.15) is 0 Å².